The molecule has 0 bridgehead atoms. The molecule has 2 heterocycles. The molecule has 0 radical (unpaired) electrons. The SMILES string of the molecule is COC(=O)C1=C(C)N=c2s/c(=C\c3cc(Br)c(O)c(I)c3)c(=O)n2[C@@H]1c1cc(Cl)ccc1OC. The first-order valence-corrected chi connectivity index (χ1v) is 12.8. The molecule has 11 heteroatoms. The summed E-state index contributed by atoms with van der Waals surface area (Å²) in [6.45, 7) is 1.70. The van der Waals surface area contributed by atoms with E-state index in [1.54, 1.807) is 43.3 Å². The van der Waals surface area contributed by atoms with E-state index in [4.69, 9.17) is 21.1 Å². The van der Waals surface area contributed by atoms with E-state index in [0.29, 0.717) is 39.4 Å². The van der Waals surface area contributed by atoms with Crippen LogP contribution in [0.3, 0.4) is 0 Å². The van der Waals surface area contributed by atoms with Gasteiger partial charge >= 0.3 is 5.97 Å². The number of esters is 1. The van der Waals surface area contributed by atoms with Crippen molar-refractivity contribution in [3.05, 3.63) is 85.5 Å². The van der Waals surface area contributed by atoms with Gasteiger partial charge in [-0.25, -0.2) is 9.79 Å². The smallest absolute Gasteiger partial charge is 0.338 e. The van der Waals surface area contributed by atoms with Crippen LogP contribution in [0.25, 0.3) is 6.08 Å². The number of allylic oxidation sites excluding steroid dienone is 1. The molecule has 0 spiro atoms. The number of ether oxygens (including phenoxy) is 2. The summed E-state index contributed by atoms with van der Waals surface area (Å²) < 4.78 is 13.6. The van der Waals surface area contributed by atoms with Crippen LogP contribution >= 0.6 is 61.5 Å². The lowest BCUT2D eigenvalue weighted by Gasteiger charge is -2.25. The third-order valence-corrected chi connectivity index (χ3v) is 7.90. The van der Waals surface area contributed by atoms with Crippen LogP contribution < -0.4 is 19.6 Å². The second kappa shape index (κ2) is 9.84. The number of methoxy groups -OCH3 is 2. The molecule has 4 rings (SSSR count). The lowest BCUT2D eigenvalue weighted by Crippen LogP contribution is -2.40. The molecule has 1 aliphatic rings. The number of halogens is 3. The number of phenols is 1. The van der Waals surface area contributed by atoms with E-state index in [0.717, 1.165) is 5.56 Å². The molecule has 176 valence electrons. The number of carbonyl (C=O) groups is 1. The molecule has 0 saturated heterocycles. The van der Waals surface area contributed by atoms with Gasteiger partial charge in [0.05, 0.1) is 38.1 Å². The molecule has 3 aromatic rings. The monoisotopic (exact) mass is 674 g/mol. The molecular weight excluding hydrogens is 659 g/mol. The van der Waals surface area contributed by atoms with Crippen molar-refractivity contribution < 1.29 is 19.4 Å². The number of carbonyl (C=O) groups excluding carboxylic acids is 1. The molecule has 1 aromatic heterocycles. The molecule has 34 heavy (non-hydrogen) atoms. The summed E-state index contributed by atoms with van der Waals surface area (Å²) in [5.41, 5.74) is 1.60. The number of hydrogen-bond donors (Lipinski definition) is 1. The fourth-order valence-corrected chi connectivity index (χ4v) is 6.45. The van der Waals surface area contributed by atoms with E-state index in [1.165, 1.54) is 30.1 Å². The normalized spacial score (nSPS) is 15.7. The Morgan fingerprint density at radius 2 is 2.06 bits per heavy atom. The Morgan fingerprint density at radius 1 is 1.32 bits per heavy atom. The maximum atomic E-state index is 13.7. The highest BCUT2D eigenvalue weighted by Crippen LogP contribution is 2.37. The van der Waals surface area contributed by atoms with Crippen LogP contribution in [0.2, 0.25) is 5.02 Å². The summed E-state index contributed by atoms with van der Waals surface area (Å²) in [5, 5.41) is 10.5. The minimum Gasteiger partial charge on any atom is -0.506 e. The second-order valence-electron chi connectivity index (χ2n) is 7.29. The number of hydrogen-bond acceptors (Lipinski definition) is 7. The van der Waals surface area contributed by atoms with Gasteiger partial charge in [-0.05, 0) is 87.4 Å². The lowest BCUT2D eigenvalue weighted by atomic mass is 9.95. The van der Waals surface area contributed by atoms with Crippen molar-refractivity contribution in [2.75, 3.05) is 14.2 Å². The summed E-state index contributed by atoms with van der Waals surface area (Å²) in [4.78, 5) is 31.4. The van der Waals surface area contributed by atoms with Gasteiger partial charge in [-0.15, -0.1) is 0 Å². The van der Waals surface area contributed by atoms with Crippen LogP contribution in [0, 0.1) is 3.57 Å². The third kappa shape index (κ3) is 4.43. The number of benzene rings is 2. The number of aromatic nitrogens is 1. The molecule has 1 aliphatic heterocycles. The van der Waals surface area contributed by atoms with Gasteiger partial charge in [0.2, 0.25) is 0 Å². The van der Waals surface area contributed by atoms with E-state index < -0.39 is 12.0 Å². The van der Waals surface area contributed by atoms with E-state index in [1.807, 2.05) is 22.6 Å². The summed E-state index contributed by atoms with van der Waals surface area (Å²) in [5.74, 6) is 0.00212. The molecular formula is C23H17BrClIN2O5S. The van der Waals surface area contributed by atoms with Crippen LogP contribution in [0.15, 0.2) is 55.9 Å². The van der Waals surface area contributed by atoms with Crippen molar-refractivity contribution in [1.82, 2.24) is 4.57 Å². The number of rotatable bonds is 4. The van der Waals surface area contributed by atoms with Crippen molar-refractivity contribution >= 4 is 73.5 Å². The summed E-state index contributed by atoms with van der Waals surface area (Å²) in [7, 11) is 2.79. The Kier molecular flexibility index (Phi) is 7.22. The van der Waals surface area contributed by atoms with E-state index in [2.05, 4.69) is 20.9 Å². The number of nitrogens with zero attached hydrogens (tertiary/aromatic N) is 2. The average Bonchev–Trinajstić information content (AvgIpc) is 3.10. The first kappa shape index (κ1) is 25.0. The van der Waals surface area contributed by atoms with Gasteiger partial charge in [0.15, 0.2) is 4.80 Å². The Hall–Kier alpha value is -2.15. The summed E-state index contributed by atoms with van der Waals surface area (Å²) in [6, 6.07) is 7.68. The van der Waals surface area contributed by atoms with Gasteiger partial charge in [0, 0.05) is 10.6 Å². The molecule has 2 aromatic carbocycles. The molecule has 1 atom stereocenters. The van der Waals surface area contributed by atoms with Crippen molar-refractivity contribution in [2.45, 2.75) is 13.0 Å². The third-order valence-electron chi connectivity index (χ3n) is 5.25. The fraction of sp³-hybridized carbons (Fsp3) is 0.174. The first-order valence-electron chi connectivity index (χ1n) is 9.78. The minimum absolute atomic E-state index is 0.130. The predicted octanol–water partition coefficient (Wildman–Crippen LogP) is 4.14. The molecule has 0 amide bonds. The Balaban J connectivity index is 2.03. The zero-order chi connectivity index (χ0) is 24.7. The van der Waals surface area contributed by atoms with Crippen molar-refractivity contribution in [3.8, 4) is 11.5 Å². The van der Waals surface area contributed by atoms with Gasteiger partial charge in [-0.2, -0.15) is 0 Å². The lowest BCUT2D eigenvalue weighted by molar-refractivity contribution is -0.136. The predicted molar refractivity (Wildman–Crippen MR) is 142 cm³/mol. The van der Waals surface area contributed by atoms with Gasteiger partial charge in [0.25, 0.3) is 5.56 Å². The van der Waals surface area contributed by atoms with Crippen LogP contribution in [0.5, 0.6) is 11.5 Å². The number of phenolic OH excluding ortho intramolecular Hbond substituents is 1. The zero-order valence-electron chi connectivity index (χ0n) is 18.1. The molecule has 0 saturated carbocycles. The summed E-state index contributed by atoms with van der Waals surface area (Å²) >= 11 is 12.8. The highest BCUT2D eigenvalue weighted by Gasteiger charge is 2.35. The second-order valence-corrected chi connectivity index (χ2v) is 10.8. The van der Waals surface area contributed by atoms with Crippen molar-refractivity contribution in [1.29, 1.82) is 0 Å². The fourth-order valence-electron chi connectivity index (χ4n) is 3.73. The topological polar surface area (TPSA) is 90.1 Å². The largest absolute Gasteiger partial charge is 0.506 e. The van der Waals surface area contributed by atoms with E-state index in [-0.39, 0.29) is 16.9 Å². The van der Waals surface area contributed by atoms with Gasteiger partial charge in [-0.1, -0.05) is 22.9 Å². The van der Waals surface area contributed by atoms with Crippen LogP contribution in [0.4, 0.5) is 0 Å². The Morgan fingerprint density at radius 3 is 2.71 bits per heavy atom. The summed E-state index contributed by atoms with van der Waals surface area (Å²) in [6.07, 6.45) is 1.72. The maximum absolute atomic E-state index is 13.7. The number of thiazole rings is 1. The van der Waals surface area contributed by atoms with E-state index in [9.17, 15) is 14.7 Å². The molecule has 7 nitrogen and oxygen atoms in total. The molecule has 0 unspecified atom stereocenters. The van der Waals surface area contributed by atoms with Crippen LogP contribution in [0.1, 0.15) is 24.1 Å². The van der Waals surface area contributed by atoms with Gasteiger partial charge < -0.3 is 14.6 Å². The Labute approximate surface area is 225 Å². The quantitative estimate of drug-likeness (QED) is 0.332. The molecule has 1 N–H and O–H groups in total. The van der Waals surface area contributed by atoms with Crippen molar-refractivity contribution in [3.63, 3.8) is 0 Å². The molecule has 0 aliphatic carbocycles. The van der Waals surface area contributed by atoms with Gasteiger partial charge in [0.1, 0.15) is 17.5 Å². The first-order chi connectivity index (χ1) is 16.2. The highest BCUT2D eigenvalue weighted by atomic mass is 127. The minimum atomic E-state index is -0.841. The van der Waals surface area contributed by atoms with Gasteiger partial charge in [-0.3, -0.25) is 9.36 Å². The molecule has 0 fully saturated rings. The average molecular weight is 676 g/mol. The van der Waals surface area contributed by atoms with E-state index >= 15 is 0 Å². The highest BCUT2D eigenvalue weighted by molar-refractivity contribution is 14.1. The number of fused-ring (bicyclic) bond motifs is 1. The standard InChI is InChI=1S/C23H17BrClIN2O5S/c1-10-18(22(31)33-3)19(13-9-12(25)4-5-16(13)32-2)28-21(30)17(34-23(28)27-10)8-11-6-14(24)20(29)15(26)7-11/h4-9,19,29H,1-3H3/b17-8-/t19-/m1/s1. The van der Waals surface area contributed by atoms with Crippen LogP contribution in [-0.2, 0) is 9.53 Å². The zero-order valence-corrected chi connectivity index (χ0v) is 23.4. The van der Waals surface area contributed by atoms with Crippen molar-refractivity contribution in [2.24, 2.45) is 4.99 Å². The number of aromatic hydroxyl groups is 1. The Bertz CT molecular complexity index is 1520. The maximum Gasteiger partial charge on any atom is 0.338 e. The van der Waals surface area contributed by atoms with Crippen LogP contribution in [-0.4, -0.2) is 29.9 Å².